The van der Waals surface area contributed by atoms with Crippen LogP contribution in [0.3, 0.4) is 0 Å². The number of hydrogen-bond acceptors (Lipinski definition) is 4. The fourth-order valence-electron chi connectivity index (χ4n) is 1.20. The van der Waals surface area contributed by atoms with Crippen molar-refractivity contribution in [2.45, 2.75) is 13.5 Å². The molecule has 5 nitrogen and oxygen atoms in total. The molecule has 1 amide bonds. The van der Waals surface area contributed by atoms with E-state index in [1.54, 1.807) is 6.20 Å². The van der Waals surface area contributed by atoms with Gasteiger partial charge in [0.2, 0.25) is 5.91 Å². The summed E-state index contributed by atoms with van der Waals surface area (Å²) >= 11 is 0. The molecule has 1 heterocycles. The molecule has 5 heteroatoms. The number of carbonyl (C=O) groups is 1. The van der Waals surface area contributed by atoms with Crippen LogP contribution in [0.15, 0.2) is 18.3 Å². The number of amides is 1. The largest absolute Gasteiger partial charge is 0.342 e. The summed E-state index contributed by atoms with van der Waals surface area (Å²) in [5.74, 6) is -0.185. The monoisotopic (exact) mass is 218 g/mol. The molecule has 0 atom stereocenters. The molecule has 0 fully saturated rings. The van der Waals surface area contributed by atoms with E-state index in [0.29, 0.717) is 6.54 Å². The van der Waals surface area contributed by atoms with Gasteiger partial charge in [-0.05, 0) is 18.6 Å². The highest BCUT2D eigenvalue weighted by atomic mass is 16.1. The van der Waals surface area contributed by atoms with E-state index < -0.39 is 0 Å². The molecule has 84 valence electrons. The van der Waals surface area contributed by atoms with Crippen molar-refractivity contribution < 1.29 is 4.79 Å². The van der Waals surface area contributed by atoms with Gasteiger partial charge in [0.15, 0.2) is 0 Å². The first-order valence-corrected chi connectivity index (χ1v) is 4.99. The Morgan fingerprint density at radius 2 is 2.44 bits per heavy atom. The minimum Gasteiger partial charge on any atom is -0.342 e. The smallest absolute Gasteiger partial charge is 0.234 e. The highest BCUT2D eigenvalue weighted by Gasteiger charge is 2.01. The van der Waals surface area contributed by atoms with Crippen LogP contribution in [0.5, 0.6) is 0 Å². The number of carbonyl (C=O) groups excluding carboxylic acids is 1. The first kappa shape index (κ1) is 12.1. The Morgan fingerprint density at radius 3 is 3.12 bits per heavy atom. The minimum atomic E-state index is -0.185. The van der Waals surface area contributed by atoms with E-state index >= 15 is 0 Å². The Morgan fingerprint density at radius 1 is 1.62 bits per heavy atom. The fourth-order valence-corrected chi connectivity index (χ4v) is 1.20. The fraction of sp³-hybridized carbons (Fsp3) is 0.364. The minimum absolute atomic E-state index is 0.0448. The standard InChI is InChI=1S/C11H14N4O/c1-9-3-2-5-14-10(9)7-13-8-11(16)15-6-4-12/h2-3,5,13H,6-8H2,1H3,(H,15,16). The van der Waals surface area contributed by atoms with E-state index in [-0.39, 0.29) is 19.0 Å². The van der Waals surface area contributed by atoms with Crippen LogP contribution < -0.4 is 10.6 Å². The zero-order valence-corrected chi connectivity index (χ0v) is 9.16. The van der Waals surface area contributed by atoms with Crippen molar-refractivity contribution in [3.63, 3.8) is 0 Å². The first-order chi connectivity index (χ1) is 7.74. The molecule has 0 bridgehead atoms. The summed E-state index contributed by atoms with van der Waals surface area (Å²) in [5.41, 5.74) is 2.02. The van der Waals surface area contributed by atoms with Crippen molar-refractivity contribution in [1.29, 1.82) is 5.26 Å². The van der Waals surface area contributed by atoms with Crippen molar-refractivity contribution in [2.75, 3.05) is 13.1 Å². The lowest BCUT2D eigenvalue weighted by molar-refractivity contribution is -0.120. The van der Waals surface area contributed by atoms with E-state index in [0.717, 1.165) is 11.3 Å². The molecule has 1 aromatic heterocycles. The van der Waals surface area contributed by atoms with Gasteiger partial charge in [-0.2, -0.15) is 5.26 Å². The summed E-state index contributed by atoms with van der Waals surface area (Å²) in [6.45, 7) is 2.76. The molecule has 0 unspecified atom stereocenters. The van der Waals surface area contributed by atoms with Gasteiger partial charge >= 0.3 is 0 Å². The molecular formula is C11H14N4O. The van der Waals surface area contributed by atoms with Crippen LogP contribution in [0, 0.1) is 18.3 Å². The summed E-state index contributed by atoms with van der Waals surface area (Å²) in [5, 5.41) is 13.7. The lowest BCUT2D eigenvalue weighted by Gasteiger charge is -2.06. The molecule has 1 aromatic rings. The summed E-state index contributed by atoms with van der Waals surface area (Å²) in [7, 11) is 0. The number of hydrogen-bond donors (Lipinski definition) is 2. The third-order valence-corrected chi connectivity index (χ3v) is 2.06. The molecule has 2 N–H and O–H groups in total. The average Bonchev–Trinajstić information content (AvgIpc) is 2.29. The van der Waals surface area contributed by atoms with Crippen LogP contribution in [0.4, 0.5) is 0 Å². The van der Waals surface area contributed by atoms with Crippen molar-refractivity contribution in [2.24, 2.45) is 0 Å². The van der Waals surface area contributed by atoms with Crippen molar-refractivity contribution in [3.8, 4) is 6.07 Å². The van der Waals surface area contributed by atoms with Gasteiger partial charge < -0.3 is 10.6 Å². The van der Waals surface area contributed by atoms with Crippen LogP contribution in [-0.2, 0) is 11.3 Å². The van der Waals surface area contributed by atoms with Gasteiger partial charge in [-0.15, -0.1) is 0 Å². The number of nitrogens with one attached hydrogen (secondary N) is 2. The zero-order valence-electron chi connectivity index (χ0n) is 9.16. The second-order valence-electron chi connectivity index (χ2n) is 3.31. The number of pyridine rings is 1. The van der Waals surface area contributed by atoms with Gasteiger partial charge in [-0.25, -0.2) is 0 Å². The Kier molecular flexibility index (Phi) is 4.96. The Labute approximate surface area is 94.5 Å². The second-order valence-corrected chi connectivity index (χ2v) is 3.31. The van der Waals surface area contributed by atoms with Crippen molar-refractivity contribution in [1.82, 2.24) is 15.6 Å². The number of aryl methyl sites for hydroxylation is 1. The first-order valence-electron chi connectivity index (χ1n) is 4.99. The molecule has 16 heavy (non-hydrogen) atoms. The summed E-state index contributed by atoms with van der Waals surface area (Å²) in [4.78, 5) is 15.3. The molecule has 0 aliphatic heterocycles. The van der Waals surface area contributed by atoms with E-state index in [9.17, 15) is 4.79 Å². The van der Waals surface area contributed by atoms with E-state index in [4.69, 9.17) is 5.26 Å². The van der Waals surface area contributed by atoms with Gasteiger partial charge in [0.05, 0.1) is 18.3 Å². The van der Waals surface area contributed by atoms with Gasteiger partial charge in [-0.1, -0.05) is 6.07 Å². The molecule has 0 radical (unpaired) electrons. The van der Waals surface area contributed by atoms with Crippen LogP contribution in [0.2, 0.25) is 0 Å². The third kappa shape index (κ3) is 4.07. The maximum absolute atomic E-state index is 11.1. The van der Waals surface area contributed by atoms with Crippen LogP contribution in [0.25, 0.3) is 0 Å². The molecule has 0 aromatic carbocycles. The summed E-state index contributed by atoms with van der Waals surface area (Å²) in [6, 6.07) is 5.69. The number of nitriles is 1. The summed E-state index contributed by atoms with van der Waals surface area (Å²) in [6.07, 6.45) is 1.72. The van der Waals surface area contributed by atoms with Gasteiger partial charge in [0.25, 0.3) is 0 Å². The van der Waals surface area contributed by atoms with Gasteiger partial charge in [-0.3, -0.25) is 9.78 Å². The topological polar surface area (TPSA) is 77.8 Å². The van der Waals surface area contributed by atoms with Crippen molar-refractivity contribution >= 4 is 5.91 Å². The van der Waals surface area contributed by atoms with Crippen LogP contribution >= 0.6 is 0 Å². The quantitative estimate of drug-likeness (QED) is 0.688. The van der Waals surface area contributed by atoms with Gasteiger partial charge in [0, 0.05) is 12.7 Å². The SMILES string of the molecule is Cc1cccnc1CNCC(=O)NCC#N. The maximum Gasteiger partial charge on any atom is 0.234 e. The van der Waals surface area contributed by atoms with E-state index in [2.05, 4.69) is 15.6 Å². The molecule has 0 saturated carbocycles. The lowest BCUT2D eigenvalue weighted by Crippen LogP contribution is -2.33. The number of aromatic nitrogens is 1. The second kappa shape index (κ2) is 6.53. The maximum atomic E-state index is 11.1. The summed E-state index contributed by atoms with van der Waals surface area (Å²) < 4.78 is 0. The normalized spacial score (nSPS) is 9.50. The molecule has 1 rings (SSSR count). The molecule has 0 saturated heterocycles. The Hall–Kier alpha value is -1.93. The number of rotatable bonds is 5. The Balaban J connectivity index is 2.29. The Bertz CT molecular complexity index is 397. The lowest BCUT2D eigenvalue weighted by atomic mass is 10.2. The molecule has 0 aliphatic rings. The highest BCUT2D eigenvalue weighted by molar-refractivity contribution is 5.78. The van der Waals surface area contributed by atoms with Gasteiger partial charge in [0.1, 0.15) is 6.54 Å². The zero-order chi connectivity index (χ0) is 11.8. The molecule has 0 spiro atoms. The highest BCUT2D eigenvalue weighted by Crippen LogP contribution is 2.01. The van der Waals surface area contributed by atoms with E-state index in [1.165, 1.54) is 0 Å². The number of nitrogens with zero attached hydrogens (tertiary/aromatic N) is 2. The third-order valence-electron chi connectivity index (χ3n) is 2.06. The van der Waals surface area contributed by atoms with Crippen LogP contribution in [-0.4, -0.2) is 24.0 Å². The molecular weight excluding hydrogens is 204 g/mol. The predicted octanol–water partition coefficient (Wildman–Crippen LogP) is 0.119. The van der Waals surface area contributed by atoms with E-state index in [1.807, 2.05) is 25.1 Å². The molecule has 0 aliphatic carbocycles. The predicted molar refractivity (Wildman–Crippen MR) is 59.3 cm³/mol. The average molecular weight is 218 g/mol. The van der Waals surface area contributed by atoms with Crippen molar-refractivity contribution in [3.05, 3.63) is 29.6 Å². The van der Waals surface area contributed by atoms with Crippen LogP contribution in [0.1, 0.15) is 11.3 Å².